The Balaban J connectivity index is 1.80. The summed E-state index contributed by atoms with van der Waals surface area (Å²) in [6.07, 6.45) is 0. The van der Waals surface area contributed by atoms with E-state index in [0.29, 0.717) is 31.5 Å². The molecular weight excluding hydrogens is 234 g/mol. The first-order valence-electron chi connectivity index (χ1n) is 6.07. The number of carbonyl (C=O) groups is 1. The van der Waals surface area contributed by atoms with Gasteiger partial charge in [-0.05, 0) is 0 Å². The summed E-state index contributed by atoms with van der Waals surface area (Å²) in [6.45, 7) is 8.72. The van der Waals surface area contributed by atoms with Crippen LogP contribution in [0.3, 0.4) is 0 Å². The highest BCUT2D eigenvalue weighted by molar-refractivity contribution is 5.76. The molecule has 7 heteroatoms. The second kappa shape index (κ2) is 4.83. The molecule has 2 amide bonds. The molecule has 7 nitrogen and oxygen atoms in total. The summed E-state index contributed by atoms with van der Waals surface area (Å²) in [5.74, 6) is 0.601. The molecule has 2 N–H and O–H groups in total. The molecule has 1 aromatic rings. The Morgan fingerprint density at radius 2 is 2.22 bits per heavy atom. The highest BCUT2D eigenvalue weighted by Gasteiger charge is 2.22. The molecule has 0 aromatic carbocycles. The smallest absolute Gasteiger partial charge is 0.317 e. The van der Waals surface area contributed by atoms with Crippen molar-refractivity contribution in [3.63, 3.8) is 0 Å². The van der Waals surface area contributed by atoms with E-state index >= 15 is 0 Å². The minimum Gasteiger partial charge on any atom is -0.408 e. The highest BCUT2D eigenvalue weighted by atomic mass is 16.4. The van der Waals surface area contributed by atoms with Crippen LogP contribution in [-0.4, -0.2) is 47.3 Å². The molecule has 2 rings (SSSR count). The lowest BCUT2D eigenvalue weighted by molar-refractivity contribution is 0.219. The summed E-state index contributed by atoms with van der Waals surface area (Å²) in [4.78, 5) is 13.0. The van der Waals surface area contributed by atoms with E-state index in [9.17, 15) is 4.79 Å². The lowest BCUT2D eigenvalue weighted by atomic mass is 9.97. The van der Waals surface area contributed by atoms with Crippen LogP contribution in [-0.2, 0) is 5.41 Å². The number of amides is 2. The van der Waals surface area contributed by atoms with Gasteiger partial charge in [0, 0.05) is 31.6 Å². The predicted molar refractivity (Wildman–Crippen MR) is 66.5 cm³/mol. The Labute approximate surface area is 106 Å². The third-order valence-electron chi connectivity index (χ3n) is 2.67. The van der Waals surface area contributed by atoms with Crippen LogP contribution in [0.2, 0.25) is 0 Å². The van der Waals surface area contributed by atoms with Crippen LogP contribution in [0.1, 0.15) is 26.7 Å². The first-order chi connectivity index (χ1) is 8.47. The van der Waals surface area contributed by atoms with Gasteiger partial charge in [-0.15, -0.1) is 5.10 Å². The molecular formula is C11H19N5O2. The molecule has 18 heavy (non-hydrogen) atoms. The number of rotatable bonds is 4. The third kappa shape index (κ3) is 2.91. The van der Waals surface area contributed by atoms with E-state index in [4.69, 9.17) is 4.42 Å². The van der Waals surface area contributed by atoms with Gasteiger partial charge in [0.25, 0.3) is 0 Å². The van der Waals surface area contributed by atoms with Crippen molar-refractivity contribution in [1.82, 2.24) is 20.4 Å². The van der Waals surface area contributed by atoms with Crippen LogP contribution in [0.25, 0.3) is 0 Å². The molecule has 0 unspecified atom stereocenters. The maximum Gasteiger partial charge on any atom is 0.317 e. The van der Waals surface area contributed by atoms with Gasteiger partial charge in [0.15, 0.2) is 0 Å². The number of anilines is 1. The molecule has 2 heterocycles. The Morgan fingerprint density at radius 1 is 1.44 bits per heavy atom. The van der Waals surface area contributed by atoms with Crippen LogP contribution in [0.15, 0.2) is 4.42 Å². The van der Waals surface area contributed by atoms with Crippen molar-refractivity contribution in [3.8, 4) is 0 Å². The van der Waals surface area contributed by atoms with Gasteiger partial charge in [-0.2, -0.15) is 0 Å². The summed E-state index contributed by atoms with van der Waals surface area (Å²) >= 11 is 0. The average Bonchev–Trinajstić information content (AvgIpc) is 2.88. The number of carbonyl (C=O) groups excluding carboxylic acids is 1. The van der Waals surface area contributed by atoms with Crippen LogP contribution in [0.5, 0.6) is 0 Å². The lowest BCUT2D eigenvalue weighted by Crippen LogP contribution is -2.32. The molecule has 1 aliphatic heterocycles. The van der Waals surface area contributed by atoms with Gasteiger partial charge in [-0.25, -0.2) is 4.79 Å². The maximum atomic E-state index is 11.3. The zero-order chi connectivity index (χ0) is 13.2. The van der Waals surface area contributed by atoms with Gasteiger partial charge in [0.05, 0.1) is 0 Å². The molecule has 0 radical (unpaired) electrons. The van der Waals surface area contributed by atoms with E-state index in [-0.39, 0.29) is 11.4 Å². The maximum absolute atomic E-state index is 11.3. The van der Waals surface area contributed by atoms with Crippen molar-refractivity contribution in [1.29, 1.82) is 0 Å². The molecule has 0 aliphatic carbocycles. The second-order valence-corrected chi connectivity index (χ2v) is 5.31. The number of urea groups is 1. The monoisotopic (exact) mass is 253 g/mol. The molecule has 0 spiro atoms. The molecule has 1 fully saturated rings. The summed E-state index contributed by atoms with van der Waals surface area (Å²) in [6, 6.07) is 0.386. The summed E-state index contributed by atoms with van der Waals surface area (Å²) in [5, 5.41) is 13.7. The van der Waals surface area contributed by atoms with Crippen LogP contribution >= 0.6 is 0 Å². The topological polar surface area (TPSA) is 83.3 Å². The number of nitrogens with zero attached hydrogens (tertiary/aromatic N) is 3. The highest BCUT2D eigenvalue weighted by Crippen LogP contribution is 2.21. The standard InChI is InChI=1S/C11H19N5O2/c1-11(2,3)8-14-15-9(18-8)12-4-6-16-7-5-13-10(16)17/h4-7H2,1-3H3,(H,12,15)(H,13,17). The molecule has 0 saturated carbocycles. The van der Waals surface area contributed by atoms with Gasteiger partial charge < -0.3 is 20.0 Å². The zero-order valence-electron chi connectivity index (χ0n) is 11.0. The third-order valence-corrected chi connectivity index (χ3v) is 2.67. The Hall–Kier alpha value is -1.79. The number of hydrogen-bond donors (Lipinski definition) is 2. The van der Waals surface area contributed by atoms with Gasteiger partial charge >= 0.3 is 12.0 Å². The molecule has 0 atom stereocenters. The SMILES string of the molecule is CC(C)(C)c1nnc(NCCN2CCNC2=O)o1. The quantitative estimate of drug-likeness (QED) is 0.829. The van der Waals surface area contributed by atoms with Crippen LogP contribution in [0, 0.1) is 0 Å². The van der Waals surface area contributed by atoms with Gasteiger partial charge in [0.2, 0.25) is 5.89 Å². The van der Waals surface area contributed by atoms with Crippen molar-refractivity contribution in [2.24, 2.45) is 0 Å². The lowest BCUT2D eigenvalue weighted by Gasteiger charge is -2.13. The molecule has 1 saturated heterocycles. The van der Waals surface area contributed by atoms with Crippen LogP contribution in [0.4, 0.5) is 10.8 Å². The van der Waals surface area contributed by atoms with E-state index in [1.165, 1.54) is 0 Å². The fourth-order valence-electron chi connectivity index (χ4n) is 1.62. The van der Waals surface area contributed by atoms with Gasteiger partial charge in [-0.3, -0.25) is 0 Å². The van der Waals surface area contributed by atoms with Crippen molar-refractivity contribution in [2.45, 2.75) is 26.2 Å². The van der Waals surface area contributed by atoms with Crippen molar-refractivity contribution < 1.29 is 9.21 Å². The van der Waals surface area contributed by atoms with E-state index < -0.39 is 0 Å². The predicted octanol–water partition coefficient (Wildman–Crippen LogP) is 0.804. The zero-order valence-corrected chi connectivity index (χ0v) is 11.0. The molecule has 1 aromatic heterocycles. The summed E-state index contributed by atoms with van der Waals surface area (Å²) < 4.78 is 5.49. The van der Waals surface area contributed by atoms with Crippen molar-refractivity contribution in [2.75, 3.05) is 31.5 Å². The molecule has 100 valence electrons. The first-order valence-corrected chi connectivity index (χ1v) is 6.07. The molecule has 1 aliphatic rings. The largest absolute Gasteiger partial charge is 0.408 e. The Bertz CT molecular complexity index is 423. The normalized spacial score (nSPS) is 15.9. The van der Waals surface area contributed by atoms with E-state index in [0.717, 1.165) is 6.54 Å². The second-order valence-electron chi connectivity index (χ2n) is 5.31. The number of aromatic nitrogens is 2. The van der Waals surface area contributed by atoms with E-state index in [1.54, 1.807) is 4.90 Å². The summed E-state index contributed by atoms with van der Waals surface area (Å²) in [5.41, 5.74) is -0.151. The van der Waals surface area contributed by atoms with E-state index in [1.807, 2.05) is 20.8 Å². The first kappa shape index (κ1) is 12.7. The fraction of sp³-hybridized carbons (Fsp3) is 0.727. The number of nitrogens with one attached hydrogen (secondary N) is 2. The molecule has 0 bridgehead atoms. The van der Waals surface area contributed by atoms with Gasteiger partial charge in [0.1, 0.15) is 0 Å². The Kier molecular flexibility index (Phi) is 3.40. The van der Waals surface area contributed by atoms with Crippen LogP contribution < -0.4 is 10.6 Å². The fourth-order valence-corrected chi connectivity index (χ4v) is 1.62. The summed E-state index contributed by atoms with van der Waals surface area (Å²) in [7, 11) is 0. The number of hydrogen-bond acceptors (Lipinski definition) is 5. The minimum atomic E-state index is -0.151. The average molecular weight is 253 g/mol. The van der Waals surface area contributed by atoms with E-state index in [2.05, 4.69) is 20.8 Å². The Morgan fingerprint density at radius 3 is 2.78 bits per heavy atom. The minimum absolute atomic E-state index is 0.0160. The van der Waals surface area contributed by atoms with Crippen molar-refractivity contribution >= 4 is 12.0 Å². The van der Waals surface area contributed by atoms with Gasteiger partial charge in [-0.1, -0.05) is 25.9 Å². The van der Waals surface area contributed by atoms with Crippen molar-refractivity contribution in [3.05, 3.63) is 5.89 Å².